The van der Waals surface area contributed by atoms with Gasteiger partial charge in [-0.05, 0) is 18.8 Å². The molecule has 1 aliphatic carbocycles. The predicted molar refractivity (Wildman–Crippen MR) is 59.6 cm³/mol. The molecule has 0 bridgehead atoms. The van der Waals surface area contributed by atoms with Crippen molar-refractivity contribution in [3.05, 3.63) is 0 Å². The maximum atomic E-state index is 11.8. The van der Waals surface area contributed by atoms with Crippen LogP contribution in [0.2, 0.25) is 0 Å². The summed E-state index contributed by atoms with van der Waals surface area (Å²) < 4.78 is 0. The van der Waals surface area contributed by atoms with Crippen LogP contribution in [0, 0.1) is 5.92 Å². The Hall–Kier alpha value is -1.06. The van der Waals surface area contributed by atoms with Gasteiger partial charge >= 0.3 is 0 Å². The number of aliphatic imine (C=N–C) groups is 1. The fourth-order valence-electron chi connectivity index (χ4n) is 2.23. The summed E-state index contributed by atoms with van der Waals surface area (Å²) in [6, 6.07) is 0. The Balaban J connectivity index is 2.03. The summed E-state index contributed by atoms with van der Waals surface area (Å²) in [6.45, 7) is 5.00. The summed E-state index contributed by atoms with van der Waals surface area (Å²) in [7, 11) is 0. The average molecular weight is 209 g/mol. The van der Waals surface area contributed by atoms with Crippen LogP contribution in [-0.2, 0) is 4.79 Å². The van der Waals surface area contributed by atoms with Crippen LogP contribution < -0.4 is 10.6 Å². The van der Waals surface area contributed by atoms with Crippen molar-refractivity contribution >= 4 is 11.9 Å². The van der Waals surface area contributed by atoms with Crippen molar-refractivity contribution in [3.8, 4) is 0 Å². The zero-order valence-electron chi connectivity index (χ0n) is 9.47. The molecule has 0 radical (unpaired) electrons. The van der Waals surface area contributed by atoms with Crippen molar-refractivity contribution in [2.24, 2.45) is 10.9 Å². The lowest BCUT2D eigenvalue weighted by Crippen LogP contribution is -2.43. The number of hydrogen-bond acceptors (Lipinski definition) is 2. The maximum Gasteiger partial charge on any atom is 0.252 e. The van der Waals surface area contributed by atoms with E-state index in [0.717, 1.165) is 32.2 Å². The summed E-state index contributed by atoms with van der Waals surface area (Å²) in [4.78, 5) is 16.2. The minimum absolute atomic E-state index is 0.113. The largest absolute Gasteiger partial charge is 0.342 e. The van der Waals surface area contributed by atoms with Crippen LogP contribution in [0.4, 0.5) is 0 Å². The second-order valence-electron chi connectivity index (χ2n) is 4.95. The molecule has 0 unspecified atom stereocenters. The van der Waals surface area contributed by atoms with Crippen molar-refractivity contribution in [1.82, 2.24) is 10.6 Å². The van der Waals surface area contributed by atoms with Gasteiger partial charge in [0.05, 0.1) is 0 Å². The SMILES string of the molecule is CC(C)CN=C1NC(=O)C2(CCCC2)N1. The lowest BCUT2D eigenvalue weighted by Gasteiger charge is -2.18. The Morgan fingerprint density at radius 3 is 2.67 bits per heavy atom. The van der Waals surface area contributed by atoms with Gasteiger partial charge in [0, 0.05) is 6.54 Å². The second-order valence-corrected chi connectivity index (χ2v) is 4.95. The van der Waals surface area contributed by atoms with Gasteiger partial charge in [0.25, 0.3) is 5.91 Å². The van der Waals surface area contributed by atoms with Crippen LogP contribution in [0.1, 0.15) is 39.5 Å². The molecule has 1 spiro atoms. The van der Waals surface area contributed by atoms with E-state index in [9.17, 15) is 4.79 Å². The van der Waals surface area contributed by atoms with Crippen molar-refractivity contribution < 1.29 is 4.79 Å². The van der Waals surface area contributed by atoms with Crippen molar-refractivity contribution in [1.29, 1.82) is 0 Å². The number of nitrogens with one attached hydrogen (secondary N) is 2. The maximum absolute atomic E-state index is 11.8. The van der Waals surface area contributed by atoms with Crippen LogP contribution in [0.25, 0.3) is 0 Å². The molecule has 0 aromatic carbocycles. The minimum Gasteiger partial charge on any atom is -0.342 e. The van der Waals surface area contributed by atoms with E-state index in [0.29, 0.717) is 11.9 Å². The molecule has 0 aromatic rings. The fourth-order valence-corrected chi connectivity index (χ4v) is 2.23. The van der Waals surface area contributed by atoms with Gasteiger partial charge in [0.2, 0.25) is 0 Å². The molecule has 1 saturated carbocycles. The summed E-state index contributed by atoms with van der Waals surface area (Å²) in [6.07, 6.45) is 4.16. The highest BCUT2D eigenvalue weighted by Crippen LogP contribution is 2.31. The minimum atomic E-state index is -0.324. The van der Waals surface area contributed by atoms with E-state index in [-0.39, 0.29) is 11.4 Å². The first-order valence-electron chi connectivity index (χ1n) is 5.76. The molecule has 2 N–H and O–H groups in total. The smallest absolute Gasteiger partial charge is 0.252 e. The Labute approximate surface area is 90.5 Å². The van der Waals surface area contributed by atoms with E-state index in [1.807, 2.05) is 0 Å². The molecule has 15 heavy (non-hydrogen) atoms. The summed E-state index contributed by atoms with van der Waals surface area (Å²) in [5.41, 5.74) is -0.324. The average Bonchev–Trinajstić information content (AvgIpc) is 2.74. The molecule has 2 rings (SSSR count). The van der Waals surface area contributed by atoms with E-state index in [2.05, 4.69) is 29.5 Å². The molecular weight excluding hydrogens is 190 g/mol. The van der Waals surface area contributed by atoms with E-state index in [1.165, 1.54) is 0 Å². The molecule has 1 amide bonds. The van der Waals surface area contributed by atoms with E-state index < -0.39 is 0 Å². The Kier molecular flexibility index (Phi) is 2.67. The molecular formula is C11H19N3O. The molecule has 2 aliphatic rings. The summed E-state index contributed by atoms with van der Waals surface area (Å²) in [5, 5.41) is 6.10. The number of carbonyl (C=O) groups excluding carboxylic acids is 1. The Morgan fingerprint density at radius 1 is 1.40 bits per heavy atom. The van der Waals surface area contributed by atoms with Gasteiger partial charge in [-0.25, -0.2) is 0 Å². The normalized spacial score (nSPS) is 26.3. The molecule has 84 valence electrons. The number of hydrogen-bond donors (Lipinski definition) is 2. The molecule has 4 nitrogen and oxygen atoms in total. The summed E-state index contributed by atoms with van der Waals surface area (Å²) >= 11 is 0. The monoisotopic (exact) mass is 209 g/mol. The molecule has 2 fully saturated rings. The van der Waals surface area contributed by atoms with Crippen LogP contribution in [0.3, 0.4) is 0 Å². The van der Waals surface area contributed by atoms with Gasteiger partial charge < -0.3 is 5.32 Å². The first kappa shape index (κ1) is 10.5. The molecule has 0 aromatic heterocycles. The molecule has 4 heteroatoms. The number of carbonyl (C=O) groups is 1. The standard InChI is InChI=1S/C11H19N3O/c1-8(2)7-12-10-13-9(15)11(14-10)5-3-4-6-11/h8H,3-7H2,1-2H3,(H2,12,13,14,15). The van der Waals surface area contributed by atoms with Crippen molar-refractivity contribution in [2.75, 3.05) is 6.54 Å². The third kappa shape index (κ3) is 1.98. The first-order chi connectivity index (χ1) is 7.12. The molecule has 1 heterocycles. The topological polar surface area (TPSA) is 53.5 Å². The number of rotatable bonds is 2. The van der Waals surface area contributed by atoms with Gasteiger partial charge in [-0.3, -0.25) is 15.1 Å². The van der Waals surface area contributed by atoms with Crippen molar-refractivity contribution in [3.63, 3.8) is 0 Å². The fraction of sp³-hybridized carbons (Fsp3) is 0.818. The summed E-state index contributed by atoms with van der Waals surface area (Å²) in [5.74, 6) is 1.31. The zero-order valence-corrected chi connectivity index (χ0v) is 9.47. The molecule has 1 aliphatic heterocycles. The van der Waals surface area contributed by atoms with Crippen LogP contribution in [0.5, 0.6) is 0 Å². The Morgan fingerprint density at radius 2 is 2.07 bits per heavy atom. The lowest BCUT2D eigenvalue weighted by atomic mass is 9.99. The highest BCUT2D eigenvalue weighted by molar-refractivity contribution is 6.09. The van der Waals surface area contributed by atoms with E-state index >= 15 is 0 Å². The van der Waals surface area contributed by atoms with Gasteiger partial charge in [-0.1, -0.05) is 26.7 Å². The number of nitrogens with zero attached hydrogens (tertiary/aromatic N) is 1. The molecule has 1 saturated heterocycles. The van der Waals surface area contributed by atoms with Crippen LogP contribution in [0.15, 0.2) is 4.99 Å². The van der Waals surface area contributed by atoms with Gasteiger partial charge in [0.1, 0.15) is 5.54 Å². The zero-order chi connectivity index (χ0) is 10.9. The van der Waals surface area contributed by atoms with Crippen LogP contribution >= 0.6 is 0 Å². The lowest BCUT2D eigenvalue weighted by molar-refractivity contribution is -0.123. The third-order valence-corrected chi connectivity index (χ3v) is 3.10. The van der Waals surface area contributed by atoms with Gasteiger partial charge in [-0.2, -0.15) is 0 Å². The van der Waals surface area contributed by atoms with E-state index in [4.69, 9.17) is 0 Å². The van der Waals surface area contributed by atoms with Crippen LogP contribution in [-0.4, -0.2) is 24.0 Å². The molecule has 0 atom stereocenters. The number of amides is 1. The third-order valence-electron chi connectivity index (χ3n) is 3.10. The van der Waals surface area contributed by atoms with E-state index in [1.54, 1.807) is 0 Å². The van der Waals surface area contributed by atoms with Crippen molar-refractivity contribution in [2.45, 2.75) is 45.1 Å². The Bertz CT molecular complexity index is 290. The predicted octanol–water partition coefficient (Wildman–Crippen LogP) is 1.03. The highest BCUT2D eigenvalue weighted by atomic mass is 16.2. The van der Waals surface area contributed by atoms with Gasteiger partial charge in [-0.15, -0.1) is 0 Å². The number of guanidine groups is 1. The second kappa shape index (κ2) is 3.83. The van der Waals surface area contributed by atoms with Gasteiger partial charge in [0.15, 0.2) is 5.96 Å². The first-order valence-corrected chi connectivity index (χ1v) is 5.76. The quantitative estimate of drug-likeness (QED) is 0.713. The highest BCUT2D eigenvalue weighted by Gasteiger charge is 2.46.